The van der Waals surface area contributed by atoms with Gasteiger partial charge in [0.25, 0.3) is 0 Å². The molecule has 0 heterocycles. The van der Waals surface area contributed by atoms with Crippen LogP contribution in [-0.2, 0) is 0 Å². The van der Waals surface area contributed by atoms with E-state index in [1.54, 1.807) is 55.8 Å². The molecule has 0 unspecified atom stereocenters. The van der Waals surface area contributed by atoms with Crippen LogP contribution in [0.2, 0.25) is 0 Å². The van der Waals surface area contributed by atoms with E-state index < -0.39 is 5.97 Å². The third kappa shape index (κ3) is 7.99. The molecule has 0 aliphatic rings. The average Bonchev–Trinajstić information content (AvgIpc) is 2.89. The number of anilines is 1. The second kappa shape index (κ2) is 13.7. The zero-order chi connectivity index (χ0) is 25.8. The summed E-state index contributed by atoms with van der Waals surface area (Å²) < 4.78 is 21.9. The Bertz CT molecular complexity index is 1180. The molecule has 0 aromatic heterocycles. The number of benzene rings is 3. The van der Waals surface area contributed by atoms with Gasteiger partial charge in [-0.05, 0) is 97.9 Å². The van der Waals surface area contributed by atoms with Crippen LogP contribution in [0.5, 0.6) is 23.0 Å². The van der Waals surface area contributed by atoms with Gasteiger partial charge in [0.2, 0.25) is 0 Å². The highest BCUT2D eigenvalue weighted by Gasteiger charge is 2.13. The Kier molecular flexibility index (Phi) is 10.1. The number of thiocarbonyl (C=S) groups is 1. The first-order chi connectivity index (χ1) is 17.5. The van der Waals surface area contributed by atoms with Gasteiger partial charge in [-0.3, -0.25) is 5.43 Å². The number of methoxy groups -OCH3 is 1. The summed E-state index contributed by atoms with van der Waals surface area (Å²) in [4.78, 5) is 12.6. The lowest BCUT2D eigenvalue weighted by Crippen LogP contribution is -2.23. The molecule has 188 valence electrons. The van der Waals surface area contributed by atoms with Crippen LogP contribution in [0.4, 0.5) is 5.69 Å². The summed E-state index contributed by atoms with van der Waals surface area (Å²) in [6, 6.07) is 19.3. The molecular formula is C27H29N3O5S. The predicted octanol–water partition coefficient (Wildman–Crippen LogP) is 5.42. The van der Waals surface area contributed by atoms with E-state index in [2.05, 4.69) is 15.8 Å². The van der Waals surface area contributed by atoms with Crippen molar-refractivity contribution in [1.29, 1.82) is 0 Å². The molecule has 8 nitrogen and oxygen atoms in total. The minimum atomic E-state index is -0.490. The van der Waals surface area contributed by atoms with E-state index in [4.69, 9.17) is 31.2 Å². The molecule has 0 spiro atoms. The van der Waals surface area contributed by atoms with E-state index in [-0.39, 0.29) is 0 Å². The number of hydrogen-bond acceptors (Lipinski definition) is 7. The van der Waals surface area contributed by atoms with Crippen LogP contribution in [0.3, 0.4) is 0 Å². The van der Waals surface area contributed by atoms with Crippen LogP contribution in [-0.4, -0.2) is 37.6 Å². The summed E-state index contributed by atoms with van der Waals surface area (Å²) in [6.45, 7) is 4.91. The molecule has 9 heteroatoms. The summed E-state index contributed by atoms with van der Waals surface area (Å²) in [7, 11) is 1.61. The molecule has 3 aromatic rings. The molecule has 0 fully saturated rings. The van der Waals surface area contributed by atoms with E-state index in [0.29, 0.717) is 41.1 Å². The second-order valence-corrected chi connectivity index (χ2v) is 7.86. The molecule has 0 atom stereocenters. The van der Waals surface area contributed by atoms with Crippen LogP contribution in [0.1, 0.15) is 36.2 Å². The number of carbonyl (C=O) groups excluding carboxylic acids is 1. The van der Waals surface area contributed by atoms with Gasteiger partial charge in [0, 0.05) is 5.69 Å². The minimum absolute atomic E-state index is 0.315. The van der Waals surface area contributed by atoms with Crippen molar-refractivity contribution in [2.24, 2.45) is 5.10 Å². The van der Waals surface area contributed by atoms with E-state index >= 15 is 0 Å². The van der Waals surface area contributed by atoms with Gasteiger partial charge in [-0.2, -0.15) is 5.10 Å². The van der Waals surface area contributed by atoms with E-state index in [0.717, 1.165) is 23.4 Å². The molecule has 0 saturated heterocycles. The maximum atomic E-state index is 12.6. The Labute approximate surface area is 216 Å². The molecule has 2 N–H and O–H groups in total. The fourth-order valence-corrected chi connectivity index (χ4v) is 3.19. The van der Waals surface area contributed by atoms with Gasteiger partial charge in [-0.15, -0.1) is 0 Å². The molecule has 0 aliphatic carbocycles. The summed E-state index contributed by atoms with van der Waals surface area (Å²) in [5.74, 6) is 1.72. The van der Waals surface area contributed by atoms with Crippen LogP contribution < -0.4 is 29.7 Å². The van der Waals surface area contributed by atoms with Gasteiger partial charge in [0.15, 0.2) is 16.6 Å². The Morgan fingerprint density at radius 2 is 1.67 bits per heavy atom. The Hall–Kier alpha value is -4.11. The SMILES string of the molecule is CCCOc1ccc(C(=O)Oc2ccc(/C=N/NC(=S)Nc3ccc(OC)cc3)cc2OCC)cc1. The van der Waals surface area contributed by atoms with Crippen molar-refractivity contribution in [3.63, 3.8) is 0 Å². The van der Waals surface area contributed by atoms with Crippen molar-refractivity contribution in [2.45, 2.75) is 20.3 Å². The lowest BCUT2D eigenvalue weighted by Gasteiger charge is -2.12. The van der Waals surface area contributed by atoms with Crippen LogP contribution in [0.15, 0.2) is 71.8 Å². The Morgan fingerprint density at radius 1 is 0.944 bits per heavy atom. The van der Waals surface area contributed by atoms with E-state index in [9.17, 15) is 4.79 Å². The molecular weight excluding hydrogens is 478 g/mol. The smallest absolute Gasteiger partial charge is 0.343 e. The predicted molar refractivity (Wildman–Crippen MR) is 145 cm³/mol. The Morgan fingerprint density at radius 3 is 2.33 bits per heavy atom. The highest BCUT2D eigenvalue weighted by molar-refractivity contribution is 7.80. The third-order valence-electron chi connectivity index (χ3n) is 4.76. The first-order valence-electron chi connectivity index (χ1n) is 11.5. The normalized spacial score (nSPS) is 10.5. The van der Waals surface area contributed by atoms with E-state index in [1.807, 2.05) is 38.1 Å². The van der Waals surface area contributed by atoms with Crippen molar-refractivity contribution in [3.05, 3.63) is 77.9 Å². The van der Waals surface area contributed by atoms with Crippen molar-refractivity contribution >= 4 is 35.2 Å². The van der Waals surface area contributed by atoms with Crippen LogP contribution >= 0.6 is 12.2 Å². The maximum absolute atomic E-state index is 12.6. The minimum Gasteiger partial charge on any atom is -0.497 e. The summed E-state index contributed by atoms with van der Waals surface area (Å²) in [5.41, 5.74) is 4.71. The highest BCUT2D eigenvalue weighted by atomic mass is 32.1. The number of ether oxygens (including phenoxy) is 4. The van der Waals surface area contributed by atoms with Gasteiger partial charge >= 0.3 is 5.97 Å². The number of nitrogens with zero attached hydrogens (tertiary/aromatic N) is 1. The molecule has 3 aromatic carbocycles. The molecule has 0 radical (unpaired) electrons. The van der Waals surface area contributed by atoms with Crippen molar-refractivity contribution in [3.8, 4) is 23.0 Å². The molecule has 0 bridgehead atoms. The van der Waals surface area contributed by atoms with E-state index in [1.165, 1.54) is 0 Å². The average molecular weight is 508 g/mol. The fraction of sp³-hybridized carbons (Fsp3) is 0.222. The van der Waals surface area contributed by atoms with Crippen LogP contribution in [0, 0.1) is 0 Å². The largest absolute Gasteiger partial charge is 0.497 e. The molecule has 0 amide bonds. The van der Waals surface area contributed by atoms with Crippen molar-refractivity contribution in [2.75, 3.05) is 25.6 Å². The number of hydrogen-bond donors (Lipinski definition) is 2. The first-order valence-corrected chi connectivity index (χ1v) is 11.9. The quantitative estimate of drug-likeness (QED) is 0.117. The summed E-state index contributed by atoms with van der Waals surface area (Å²) in [6.07, 6.45) is 2.50. The number of nitrogens with one attached hydrogen (secondary N) is 2. The summed E-state index contributed by atoms with van der Waals surface area (Å²) in [5, 5.41) is 7.53. The van der Waals surface area contributed by atoms with Crippen molar-refractivity contribution < 1.29 is 23.7 Å². The molecule has 0 aliphatic heterocycles. The third-order valence-corrected chi connectivity index (χ3v) is 4.95. The van der Waals surface area contributed by atoms with Gasteiger partial charge < -0.3 is 24.3 Å². The Balaban J connectivity index is 1.60. The molecule has 0 saturated carbocycles. The lowest BCUT2D eigenvalue weighted by molar-refractivity contribution is 0.0728. The summed E-state index contributed by atoms with van der Waals surface area (Å²) >= 11 is 5.27. The van der Waals surface area contributed by atoms with Crippen LogP contribution in [0.25, 0.3) is 0 Å². The van der Waals surface area contributed by atoms with Crippen molar-refractivity contribution in [1.82, 2.24) is 5.43 Å². The zero-order valence-corrected chi connectivity index (χ0v) is 21.3. The maximum Gasteiger partial charge on any atom is 0.343 e. The van der Waals surface area contributed by atoms with Gasteiger partial charge in [-0.1, -0.05) is 6.92 Å². The molecule has 3 rings (SSSR count). The zero-order valence-electron chi connectivity index (χ0n) is 20.4. The topological polar surface area (TPSA) is 90.4 Å². The van der Waals surface area contributed by atoms with Gasteiger partial charge in [0.1, 0.15) is 11.5 Å². The number of hydrazone groups is 1. The number of carbonyl (C=O) groups is 1. The fourth-order valence-electron chi connectivity index (χ4n) is 3.02. The number of rotatable bonds is 11. The van der Waals surface area contributed by atoms with Gasteiger partial charge in [0.05, 0.1) is 32.1 Å². The second-order valence-electron chi connectivity index (χ2n) is 7.45. The monoisotopic (exact) mass is 507 g/mol. The number of esters is 1. The standard InChI is InChI=1S/C27H29N3O5S/c1-4-16-34-23-11-7-20(8-12-23)26(31)35-24-15-6-19(17-25(24)33-5-2)18-28-30-27(36)29-21-9-13-22(32-3)14-10-21/h6-15,17-18H,4-5,16H2,1-3H3,(H2,29,30,36)/b28-18+. The molecule has 36 heavy (non-hydrogen) atoms. The first kappa shape index (κ1) is 26.5. The lowest BCUT2D eigenvalue weighted by atomic mass is 10.2. The van der Waals surface area contributed by atoms with Gasteiger partial charge in [-0.25, -0.2) is 4.79 Å². The highest BCUT2D eigenvalue weighted by Crippen LogP contribution is 2.29.